The van der Waals surface area contributed by atoms with Gasteiger partial charge in [0.25, 0.3) is 0 Å². The molecular weight excluding hydrogens is 516 g/mol. The fourth-order valence-corrected chi connectivity index (χ4v) is 6.10. The van der Waals surface area contributed by atoms with E-state index >= 15 is 0 Å². The predicted molar refractivity (Wildman–Crippen MR) is 170 cm³/mol. The van der Waals surface area contributed by atoms with Crippen LogP contribution in [0.25, 0.3) is 61.0 Å². The lowest BCUT2D eigenvalue weighted by Crippen LogP contribution is -2.23. The number of nitrogens with zero attached hydrogens (tertiary/aromatic N) is 4. The van der Waals surface area contributed by atoms with Gasteiger partial charge in [0.05, 0.1) is 28.1 Å². The quantitative estimate of drug-likeness (QED) is 0.222. The van der Waals surface area contributed by atoms with E-state index in [1.165, 1.54) is 10.8 Å². The van der Waals surface area contributed by atoms with Gasteiger partial charge in [0.1, 0.15) is 11.4 Å². The van der Waals surface area contributed by atoms with Crippen LogP contribution in [0.4, 0.5) is 0 Å². The van der Waals surface area contributed by atoms with Crippen molar-refractivity contribution in [1.82, 2.24) is 19.5 Å². The molecule has 0 fully saturated rings. The van der Waals surface area contributed by atoms with E-state index in [1.807, 2.05) is 19.1 Å². The van der Waals surface area contributed by atoms with Gasteiger partial charge in [0.15, 0.2) is 0 Å². The first-order chi connectivity index (χ1) is 20.5. The highest BCUT2D eigenvalue weighted by atomic mass is 16.3. The molecule has 0 amide bonds. The number of hydrogen-bond acceptors (Lipinski definition) is 4. The number of furan rings is 1. The number of fused-ring (bicyclic) bond motifs is 6. The van der Waals surface area contributed by atoms with Crippen molar-refractivity contribution < 1.29 is 4.42 Å². The second kappa shape index (κ2) is 9.11. The van der Waals surface area contributed by atoms with Crippen LogP contribution in [0.1, 0.15) is 30.9 Å². The summed E-state index contributed by atoms with van der Waals surface area (Å²) in [6.45, 7) is 6.35. The molecule has 42 heavy (non-hydrogen) atoms. The Morgan fingerprint density at radius 1 is 0.571 bits per heavy atom. The molecule has 0 unspecified atom stereocenters. The number of para-hydroxylation sites is 3. The standard InChI is InChI=1S/C37H28N4O/c1-23-21-22-27-26-13-8-14-28(35(26)42-36(27)38-23)29-15-9-18-32(39-29)37(2,3)33-19-10-20-34(40-33)41-30-16-6-4-11-24(30)25-12-5-7-17-31(25)41/h4-22H,1-3H3. The summed E-state index contributed by atoms with van der Waals surface area (Å²) in [7, 11) is 0. The third kappa shape index (κ3) is 3.67. The minimum atomic E-state index is -0.453. The van der Waals surface area contributed by atoms with Gasteiger partial charge >= 0.3 is 0 Å². The van der Waals surface area contributed by atoms with Gasteiger partial charge in [-0.3, -0.25) is 9.55 Å². The largest absolute Gasteiger partial charge is 0.437 e. The van der Waals surface area contributed by atoms with E-state index in [2.05, 4.69) is 127 Å². The zero-order valence-electron chi connectivity index (χ0n) is 23.7. The average molecular weight is 545 g/mol. The first-order valence-electron chi connectivity index (χ1n) is 14.2. The SMILES string of the molecule is Cc1ccc2c(n1)oc1c(-c3cccc(C(C)(C)c4cccc(-n5c6ccccc6c6ccccc65)n4)n3)cccc12. The maximum Gasteiger partial charge on any atom is 0.227 e. The van der Waals surface area contributed by atoms with E-state index < -0.39 is 5.41 Å². The average Bonchev–Trinajstić information content (AvgIpc) is 3.56. The summed E-state index contributed by atoms with van der Waals surface area (Å²) in [6.07, 6.45) is 0. The smallest absolute Gasteiger partial charge is 0.227 e. The van der Waals surface area contributed by atoms with Gasteiger partial charge in [-0.1, -0.05) is 60.7 Å². The number of rotatable bonds is 4. The second-order valence-corrected chi connectivity index (χ2v) is 11.4. The van der Waals surface area contributed by atoms with Gasteiger partial charge in [-0.15, -0.1) is 0 Å². The summed E-state index contributed by atoms with van der Waals surface area (Å²) < 4.78 is 8.55. The zero-order chi connectivity index (χ0) is 28.4. The van der Waals surface area contributed by atoms with Gasteiger partial charge in [0, 0.05) is 38.2 Å². The van der Waals surface area contributed by atoms with Crippen LogP contribution in [-0.2, 0) is 5.41 Å². The Kier molecular flexibility index (Phi) is 5.32. The van der Waals surface area contributed by atoms with Crippen molar-refractivity contribution in [2.24, 2.45) is 0 Å². The van der Waals surface area contributed by atoms with Crippen LogP contribution in [0.2, 0.25) is 0 Å². The van der Waals surface area contributed by atoms with E-state index in [9.17, 15) is 0 Å². The molecule has 0 bridgehead atoms. The molecule has 0 aliphatic carbocycles. The molecule has 0 radical (unpaired) electrons. The number of benzene rings is 3. The van der Waals surface area contributed by atoms with E-state index in [4.69, 9.17) is 14.4 Å². The van der Waals surface area contributed by atoms with E-state index in [0.29, 0.717) is 5.71 Å². The Morgan fingerprint density at radius 3 is 1.98 bits per heavy atom. The molecule has 5 nitrogen and oxygen atoms in total. The van der Waals surface area contributed by atoms with Gasteiger partial charge in [-0.05, 0) is 75.4 Å². The van der Waals surface area contributed by atoms with Gasteiger partial charge in [-0.25, -0.2) is 9.97 Å². The summed E-state index contributed by atoms with van der Waals surface area (Å²) in [6, 6.07) is 39.8. The van der Waals surface area contributed by atoms with Gasteiger partial charge in [-0.2, -0.15) is 0 Å². The lowest BCUT2D eigenvalue weighted by molar-refractivity contribution is 0.594. The Labute approximate surface area is 243 Å². The normalized spacial score (nSPS) is 12.2. The van der Waals surface area contributed by atoms with Crippen LogP contribution in [0.15, 0.2) is 120 Å². The van der Waals surface area contributed by atoms with Gasteiger partial charge < -0.3 is 4.42 Å². The van der Waals surface area contributed by atoms with Crippen LogP contribution in [-0.4, -0.2) is 19.5 Å². The fraction of sp³-hybridized carbons (Fsp3) is 0.108. The Morgan fingerprint density at radius 2 is 1.21 bits per heavy atom. The molecular formula is C37H28N4O. The molecule has 0 N–H and O–H groups in total. The molecule has 8 aromatic rings. The lowest BCUT2D eigenvalue weighted by Gasteiger charge is -2.25. The first-order valence-corrected chi connectivity index (χ1v) is 14.2. The maximum atomic E-state index is 6.29. The third-order valence-corrected chi connectivity index (χ3v) is 8.35. The molecule has 8 rings (SSSR count). The van der Waals surface area contributed by atoms with Crippen LogP contribution < -0.4 is 0 Å². The molecule has 5 heterocycles. The highest BCUT2D eigenvalue weighted by molar-refractivity contribution is 6.09. The number of pyridine rings is 3. The second-order valence-electron chi connectivity index (χ2n) is 11.4. The molecule has 0 spiro atoms. The molecule has 3 aromatic carbocycles. The van der Waals surface area contributed by atoms with Gasteiger partial charge in [0.2, 0.25) is 5.71 Å². The molecule has 5 heteroatoms. The Hall–Kier alpha value is -5.29. The molecule has 0 aliphatic rings. The van der Waals surface area contributed by atoms with E-state index in [0.717, 1.165) is 61.5 Å². The minimum absolute atomic E-state index is 0.453. The highest BCUT2D eigenvalue weighted by Crippen LogP contribution is 2.37. The lowest BCUT2D eigenvalue weighted by atomic mass is 9.84. The summed E-state index contributed by atoms with van der Waals surface area (Å²) in [5, 5.41) is 4.50. The zero-order valence-corrected chi connectivity index (χ0v) is 23.7. The monoisotopic (exact) mass is 544 g/mol. The van der Waals surface area contributed by atoms with E-state index in [1.54, 1.807) is 0 Å². The minimum Gasteiger partial charge on any atom is -0.437 e. The summed E-state index contributed by atoms with van der Waals surface area (Å²) in [5.74, 6) is 0.893. The number of aromatic nitrogens is 4. The van der Waals surface area contributed by atoms with Crippen molar-refractivity contribution in [3.63, 3.8) is 0 Å². The summed E-state index contributed by atoms with van der Waals surface area (Å²) >= 11 is 0. The Balaban J connectivity index is 1.25. The summed E-state index contributed by atoms with van der Waals surface area (Å²) in [5.41, 5.74) is 7.93. The third-order valence-electron chi connectivity index (χ3n) is 8.35. The van der Waals surface area contributed by atoms with Crippen LogP contribution in [0.5, 0.6) is 0 Å². The maximum absolute atomic E-state index is 6.29. The van der Waals surface area contributed by atoms with Crippen molar-refractivity contribution in [3.05, 3.63) is 132 Å². The van der Waals surface area contributed by atoms with Crippen molar-refractivity contribution in [2.45, 2.75) is 26.2 Å². The van der Waals surface area contributed by atoms with Crippen molar-refractivity contribution in [1.29, 1.82) is 0 Å². The van der Waals surface area contributed by atoms with Crippen molar-refractivity contribution in [2.75, 3.05) is 0 Å². The van der Waals surface area contributed by atoms with Crippen LogP contribution in [0.3, 0.4) is 0 Å². The van der Waals surface area contributed by atoms with Crippen molar-refractivity contribution >= 4 is 43.9 Å². The summed E-state index contributed by atoms with van der Waals surface area (Å²) in [4.78, 5) is 15.1. The highest BCUT2D eigenvalue weighted by Gasteiger charge is 2.28. The number of aryl methyl sites for hydroxylation is 1. The fourth-order valence-electron chi connectivity index (χ4n) is 6.10. The van der Waals surface area contributed by atoms with E-state index in [-0.39, 0.29) is 0 Å². The number of hydrogen-bond donors (Lipinski definition) is 0. The van der Waals surface area contributed by atoms with Crippen molar-refractivity contribution in [3.8, 4) is 17.1 Å². The predicted octanol–water partition coefficient (Wildman–Crippen LogP) is 9.17. The van der Waals surface area contributed by atoms with Crippen LogP contribution >= 0.6 is 0 Å². The molecule has 0 atom stereocenters. The molecule has 0 saturated carbocycles. The molecule has 5 aromatic heterocycles. The Bertz CT molecular complexity index is 2250. The molecule has 202 valence electrons. The van der Waals surface area contributed by atoms with Crippen LogP contribution in [0, 0.1) is 6.92 Å². The topological polar surface area (TPSA) is 56.7 Å². The molecule has 0 saturated heterocycles. The first kappa shape index (κ1) is 24.5. The molecule has 0 aliphatic heterocycles.